The summed E-state index contributed by atoms with van der Waals surface area (Å²) in [6.45, 7) is 1.84. The molecule has 0 aliphatic carbocycles. The van der Waals surface area contributed by atoms with Gasteiger partial charge in [0, 0.05) is 18.0 Å². The van der Waals surface area contributed by atoms with Crippen LogP contribution in [0.25, 0.3) is 0 Å². The van der Waals surface area contributed by atoms with Crippen molar-refractivity contribution < 1.29 is 5.11 Å². The molecule has 0 fully saturated rings. The molecule has 1 atom stereocenters. The molecule has 1 heterocycles. The molecule has 1 rings (SSSR count). The normalized spacial score (nSPS) is 14.5. The van der Waals surface area contributed by atoms with Crippen LogP contribution in [0, 0.1) is 4.91 Å². The van der Waals surface area contributed by atoms with Gasteiger partial charge in [0.15, 0.2) is 0 Å². The van der Waals surface area contributed by atoms with Crippen LogP contribution in [-0.4, -0.2) is 16.8 Å². The van der Waals surface area contributed by atoms with Crippen molar-refractivity contribution in [2.24, 2.45) is 5.18 Å². The molecular formula is C10H15N3O2. The Hall–Kier alpha value is -1.33. The molecule has 0 amide bonds. The summed E-state index contributed by atoms with van der Waals surface area (Å²) in [5.74, 6) is 0. The molecule has 1 aromatic rings. The highest BCUT2D eigenvalue weighted by Crippen LogP contribution is 2.22. The number of aromatic nitrogens is 1. The van der Waals surface area contributed by atoms with Gasteiger partial charge in [-0.1, -0.05) is 24.6 Å². The standard InChI is InChI=1S/C10H15N3O2/c1-2-5-10(14,12-8-13-15)9-4-3-6-11-7-9/h3-4,6-7,12,14H,2,5,8H2,1H3. The van der Waals surface area contributed by atoms with Crippen LogP contribution in [0.2, 0.25) is 0 Å². The Balaban J connectivity index is 2.85. The molecule has 0 aromatic carbocycles. The molecule has 5 heteroatoms. The lowest BCUT2D eigenvalue weighted by Crippen LogP contribution is -2.42. The summed E-state index contributed by atoms with van der Waals surface area (Å²) >= 11 is 0. The molecule has 15 heavy (non-hydrogen) atoms. The van der Waals surface area contributed by atoms with Crippen LogP contribution in [0.1, 0.15) is 25.3 Å². The van der Waals surface area contributed by atoms with E-state index in [0.717, 1.165) is 6.42 Å². The van der Waals surface area contributed by atoms with Gasteiger partial charge in [-0.15, -0.1) is 4.91 Å². The average Bonchev–Trinajstić information content (AvgIpc) is 2.28. The molecule has 5 nitrogen and oxygen atoms in total. The molecule has 1 aromatic heterocycles. The van der Waals surface area contributed by atoms with E-state index in [-0.39, 0.29) is 6.67 Å². The van der Waals surface area contributed by atoms with Crippen LogP contribution in [0.5, 0.6) is 0 Å². The lowest BCUT2D eigenvalue weighted by molar-refractivity contribution is -0.00821. The minimum atomic E-state index is -1.21. The summed E-state index contributed by atoms with van der Waals surface area (Å²) in [4.78, 5) is 14.0. The summed E-state index contributed by atoms with van der Waals surface area (Å²) < 4.78 is 0. The van der Waals surface area contributed by atoms with Crippen LogP contribution in [0.3, 0.4) is 0 Å². The molecule has 0 radical (unpaired) electrons. The molecule has 0 aliphatic rings. The molecule has 82 valence electrons. The van der Waals surface area contributed by atoms with E-state index >= 15 is 0 Å². The topological polar surface area (TPSA) is 74.6 Å². The number of rotatable bonds is 6. The number of nitrogens with zero attached hydrogens (tertiary/aromatic N) is 2. The Bertz CT molecular complexity index is 305. The van der Waals surface area contributed by atoms with Gasteiger partial charge in [-0.25, -0.2) is 0 Å². The molecule has 0 bridgehead atoms. The maximum atomic E-state index is 10.3. The van der Waals surface area contributed by atoms with Crippen molar-refractivity contribution in [1.82, 2.24) is 10.3 Å². The zero-order valence-electron chi connectivity index (χ0n) is 8.68. The fourth-order valence-corrected chi connectivity index (χ4v) is 1.47. The maximum absolute atomic E-state index is 10.3. The van der Waals surface area contributed by atoms with Gasteiger partial charge in [-0.2, -0.15) is 0 Å². The zero-order valence-corrected chi connectivity index (χ0v) is 8.68. The second kappa shape index (κ2) is 5.53. The monoisotopic (exact) mass is 209 g/mol. The van der Waals surface area contributed by atoms with E-state index < -0.39 is 5.72 Å². The highest BCUT2D eigenvalue weighted by Gasteiger charge is 2.27. The van der Waals surface area contributed by atoms with Gasteiger partial charge in [-0.05, 0) is 12.5 Å². The van der Waals surface area contributed by atoms with E-state index in [1.807, 2.05) is 6.92 Å². The van der Waals surface area contributed by atoms with Crippen LogP contribution in [-0.2, 0) is 5.72 Å². The highest BCUT2D eigenvalue weighted by atomic mass is 16.3. The summed E-state index contributed by atoms with van der Waals surface area (Å²) in [6, 6.07) is 3.51. The first-order chi connectivity index (χ1) is 7.23. The SMILES string of the molecule is CCCC(O)(NCN=O)c1cccnc1. The lowest BCUT2D eigenvalue weighted by atomic mass is 10.00. The first-order valence-electron chi connectivity index (χ1n) is 4.90. The third kappa shape index (κ3) is 3.07. The third-order valence-corrected chi connectivity index (χ3v) is 2.19. The lowest BCUT2D eigenvalue weighted by Gasteiger charge is -2.28. The zero-order chi connectivity index (χ0) is 11.1. The van der Waals surface area contributed by atoms with Crippen molar-refractivity contribution in [3.05, 3.63) is 35.0 Å². The van der Waals surface area contributed by atoms with Crippen molar-refractivity contribution in [2.45, 2.75) is 25.5 Å². The van der Waals surface area contributed by atoms with Crippen molar-refractivity contribution >= 4 is 0 Å². The second-order valence-corrected chi connectivity index (χ2v) is 3.32. The molecular weight excluding hydrogens is 194 g/mol. The van der Waals surface area contributed by atoms with Gasteiger partial charge in [-0.3, -0.25) is 10.3 Å². The van der Waals surface area contributed by atoms with Gasteiger partial charge in [0.25, 0.3) is 0 Å². The molecule has 0 saturated heterocycles. The van der Waals surface area contributed by atoms with E-state index in [1.54, 1.807) is 24.5 Å². The molecule has 0 aliphatic heterocycles. The first kappa shape index (κ1) is 11.7. The molecule has 0 spiro atoms. The number of pyridine rings is 1. The maximum Gasteiger partial charge on any atom is 0.145 e. The number of nitrogens with one attached hydrogen (secondary N) is 1. The quantitative estimate of drug-likeness (QED) is 0.547. The number of aliphatic hydroxyl groups is 1. The first-order valence-corrected chi connectivity index (χ1v) is 4.90. The van der Waals surface area contributed by atoms with E-state index in [9.17, 15) is 10.0 Å². The third-order valence-electron chi connectivity index (χ3n) is 2.19. The van der Waals surface area contributed by atoms with Crippen molar-refractivity contribution in [1.29, 1.82) is 0 Å². The Morgan fingerprint density at radius 2 is 2.47 bits per heavy atom. The number of hydrogen-bond donors (Lipinski definition) is 2. The highest BCUT2D eigenvalue weighted by molar-refractivity contribution is 5.16. The Kier molecular flexibility index (Phi) is 4.33. The summed E-state index contributed by atoms with van der Waals surface area (Å²) in [6.07, 6.45) is 4.51. The van der Waals surface area contributed by atoms with Gasteiger partial charge in [0.1, 0.15) is 12.4 Å². The van der Waals surface area contributed by atoms with Gasteiger partial charge in [0.2, 0.25) is 0 Å². The van der Waals surface area contributed by atoms with E-state index in [2.05, 4.69) is 15.5 Å². The van der Waals surface area contributed by atoms with Crippen LogP contribution < -0.4 is 5.32 Å². The van der Waals surface area contributed by atoms with E-state index in [4.69, 9.17) is 0 Å². The number of hydrogen-bond acceptors (Lipinski definition) is 5. The van der Waals surface area contributed by atoms with Crippen LogP contribution in [0.15, 0.2) is 29.7 Å². The predicted molar refractivity (Wildman–Crippen MR) is 56.8 cm³/mol. The molecule has 1 unspecified atom stereocenters. The fraction of sp³-hybridized carbons (Fsp3) is 0.500. The van der Waals surface area contributed by atoms with Gasteiger partial charge < -0.3 is 5.11 Å². The van der Waals surface area contributed by atoms with Gasteiger partial charge >= 0.3 is 0 Å². The van der Waals surface area contributed by atoms with Crippen LogP contribution >= 0.6 is 0 Å². The predicted octanol–water partition coefficient (Wildman–Crippen LogP) is 1.34. The van der Waals surface area contributed by atoms with Crippen molar-refractivity contribution in [2.75, 3.05) is 6.67 Å². The molecule has 0 saturated carbocycles. The second-order valence-electron chi connectivity index (χ2n) is 3.32. The average molecular weight is 209 g/mol. The Labute approximate surface area is 88.5 Å². The largest absolute Gasteiger partial charge is 0.371 e. The molecule has 2 N–H and O–H groups in total. The van der Waals surface area contributed by atoms with E-state index in [1.165, 1.54) is 0 Å². The van der Waals surface area contributed by atoms with Crippen molar-refractivity contribution in [3.8, 4) is 0 Å². The summed E-state index contributed by atoms with van der Waals surface area (Å²) in [5.41, 5.74) is -0.563. The summed E-state index contributed by atoms with van der Waals surface area (Å²) in [5, 5.41) is 15.7. The minimum Gasteiger partial charge on any atom is -0.371 e. The number of nitroso groups, excluding NO2 is 1. The fourth-order valence-electron chi connectivity index (χ4n) is 1.47. The van der Waals surface area contributed by atoms with Gasteiger partial charge in [0.05, 0.1) is 0 Å². The summed E-state index contributed by atoms with van der Waals surface area (Å²) in [7, 11) is 0. The van der Waals surface area contributed by atoms with Crippen LogP contribution in [0.4, 0.5) is 0 Å². The Morgan fingerprint density at radius 1 is 1.67 bits per heavy atom. The van der Waals surface area contributed by atoms with Crippen molar-refractivity contribution in [3.63, 3.8) is 0 Å². The minimum absolute atomic E-state index is 0.120. The smallest absolute Gasteiger partial charge is 0.145 e. The Morgan fingerprint density at radius 3 is 3.00 bits per heavy atom. The van der Waals surface area contributed by atoms with E-state index in [0.29, 0.717) is 12.0 Å².